The number of amidine groups is 1. The Morgan fingerprint density at radius 2 is 2.00 bits per heavy atom. The lowest BCUT2D eigenvalue weighted by Crippen LogP contribution is -2.14. The lowest BCUT2D eigenvalue weighted by molar-refractivity contribution is 0.305. The average Bonchev–Trinajstić information content (AvgIpc) is 2.46. The number of aromatic nitrogens is 1. The van der Waals surface area contributed by atoms with E-state index in [4.69, 9.17) is 15.7 Å². The van der Waals surface area contributed by atoms with Gasteiger partial charge < -0.3 is 15.7 Å². The smallest absolute Gasteiger partial charge is 0.188 e. The van der Waals surface area contributed by atoms with Gasteiger partial charge in [0, 0.05) is 0 Å². The quantitative estimate of drug-likeness (QED) is 0.371. The van der Waals surface area contributed by atoms with Gasteiger partial charge in [-0.15, -0.1) is 0 Å². The molecule has 0 saturated carbocycles. The minimum atomic E-state index is -0.0235. The number of ether oxygens (including phenoxy) is 1. The molecule has 0 aliphatic heterocycles. The summed E-state index contributed by atoms with van der Waals surface area (Å²) in [6.45, 7) is 0.478. The standard InChI is InChI=1S/C13H13N3O2/c14-13(16-17)12-7-6-11(8-15-12)18-9-10-4-2-1-3-5-10/h1-8,17H,9H2,(H2,14,16). The molecule has 5 heteroatoms. The van der Waals surface area contributed by atoms with Gasteiger partial charge in [-0.25, -0.2) is 4.98 Å². The minimum Gasteiger partial charge on any atom is -0.487 e. The van der Waals surface area contributed by atoms with E-state index >= 15 is 0 Å². The number of rotatable bonds is 4. The van der Waals surface area contributed by atoms with Crippen LogP contribution in [-0.2, 0) is 6.61 Å². The molecule has 92 valence electrons. The molecule has 0 saturated heterocycles. The molecule has 0 atom stereocenters. The van der Waals surface area contributed by atoms with Gasteiger partial charge in [-0.3, -0.25) is 0 Å². The van der Waals surface area contributed by atoms with Gasteiger partial charge in [0.15, 0.2) is 5.84 Å². The molecule has 1 aromatic carbocycles. The third-order valence-electron chi connectivity index (χ3n) is 2.35. The molecule has 2 aromatic rings. The Kier molecular flexibility index (Phi) is 3.76. The molecule has 0 radical (unpaired) electrons. The van der Waals surface area contributed by atoms with Crippen LogP contribution in [0.3, 0.4) is 0 Å². The molecule has 0 bridgehead atoms. The number of hydrogen-bond donors (Lipinski definition) is 2. The molecule has 0 unspecified atom stereocenters. The molecule has 0 aliphatic carbocycles. The molecule has 0 aliphatic rings. The Hall–Kier alpha value is -2.56. The van der Waals surface area contributed by atoms with Crippen molar-refractivity contribution in [2.24, 2.45) is 10.9 Å². The van der Waals surface area contributed by atoms with E-state index in [1.54, 1.807) is 12.1 Å². The molecule has 0 spiro atoms. The van der Waals surface area contributed by atoms with Crippen LogP contribution in [0.15, 0.2) is 53.8 Å². The molecule has 3 N–H and O–H groups in total. The average molecular weight is 243 g/mol. The van der Waals surface area contributed by atoms with Gasteiger partial charge in [0.2, 0.25) is 0 Å². The van der Waals surface area contributed by atoms with Crippen LogP contribution in [0.2, 0.25) is 0 Å². The summed E-state index contributed by atoms with van der Waals surface area (Å²) >= 11 is 0. The van der Waals surface area contributed by atoms with Gasteiger partial charge in [-0.1, -0.05) is 35.5 Å². The van der Waals surface area contributed by atoms with Gasteiger partial charge >= 0.3 is 0 Å². The number of nitrogens with two attached hydrogens (primary N) is 1. The minimum absolute atomic E-state index is 0.0235. The zero-order valence-corrected chi connectivity index (χ0v) is 9.65. The van der Waals surface area contributed by atoms with Crippen LogP contribution in [0.4, 0.5) is 0 Å². The van der Waals surface area contributed by atoms with Crippen molar-refractivity contribution in [2.75, 3.05) is 0 Å². The third kappa shape index (κ3) is 2.98. The molecule has 0 fully saturated rings. The highest BCUT2D eigenvalue weighted by atomic mass is 16.5. The lowest BCUT2D eigenvalue weighted by Gasteiger charge is -2.06. The largest absolute Gasteiger partial charge is 0.487 e. The summed E-state index contributed by atoms with van der Waals surface area (Å²) in [4.78, 5) is 4.02. The topological polar surface area (TPSA) is 80.7 Å². The second-order valence-corrected chi connectivity index (χ2v) is 3.64. The van der Waals surface area contributed by atoms with Crippen LogP contribution in [-0.4, -0.2) is 16.0 Å². The van der Waals surface area contributed by atoms with Gasteiger partial charge in [0.25, 0.3) is 0 Å². The molecule has 5 nitrogen and oxygen atoms in total. The van der Waals surface area contributed by atoms with E-state index in [1.165, 1.54) is 6.20 Å². The van der Waals surface area contributed by atoms with Crippen molar-refractivity contribution in [2.45, 2.75) is 6.61 Å². The highest BCUT2D eigenvalue weighted by molar-refractivity contribution is 5.95. The summed E-state index contributed by atoms with van der Waals surface area (Å²) in [5, 5.41) is 11.4. The van der Waals surface area contributed by atoms with Crippen molar-refractivity contribution in [1.82, 2.24) is 4.98 Å². The molecule has 1 heterocycles. The highest BCUT2D eigenvalue weighted by Crippen LogP contribution is 2.11. The fraction of sp³-hybridized carbons (Fsp3) is 0.0769. The Labute approximate surface area is 105 Å². The first kappa shape index (κ1) is 11.9. The van der Waals surface area contributed by atoms with E-state index < -0.39 is 0 Å². The Bertz CT molecular complexity index is 524. The van der Waals surface area contributed by atoms with Crippen LogP contribution < -0.4 is 10.5 Å². The zero-order valence-electron chi connectivity index (χ0n) is 9.65. The summed E-state index contributed by atoms with van der Waals surface area (Å²) in [5.41, 5.74) is 6.89. The fourth-order valence-electron chi connectivity index (χ4n) is 1.41. The van der Waals surface area contributed by atoms with E-state index in [2.05, 4.69) is 10.1 Å². The van der Waals surface area contributed by atoms with E-state index in [0.717, 1.165) is 5.56 Å². The van der Waals surface area contributed by atoms with Crippen LogP contribution in [0, 0.1) is 0 Å². The highest BCUT2D eigenvalue weighted by Gasteiger charge is 2.01. The molecule has 2 rings (SSSR count). The molecule has 0 amide bonds. The van der Waals surface area contributed by atoms with Crippen molar-refractivity contribution in [1.29, 1.82) is 0 Å². The van der Waals surface area contributed by atoms with Gasteiger partial charge in [0.1, 0.15) is 18.1 Å². The second kappa shape index (κ2) is 5.67. The monoisotopic (exact) mass is 243 g/mol. The van der Waals surface area contributed by atoms with E-state index in [-0.39, 0.29) is 5.84 Å². The summed E-state index contributed by atoms with van der Waals surface area (Å²) in [7, 11) is 0. The van der Waals surface area contributed by atoms with E-state index in [0.29, 0.717) is 18.1 Å². The van der Waals surface area contributed by atoms with Gasteiger partial charge in [0.05, 0.1) is 6.20 Å². The van der Waals surface area contributed by atoms with Crippen molar-refractivity contribution >= 4 is 5.84 Å². The van der Waals surface area contributed by atoms with Crippen molar-refractivity contribution in [3.05, 3.63) is 59.9 Å². The zero-order chi connectivity index (χ0) is 12.8. The van der Waals surface area contributed by atoms with Crippen molar-refractivity contribution in [3.63, 3.8) is 0 Å². The van der Waals surface area contributed by atoms with Gasteiger partial charge in [-0.05, 0) is 17.7 Å². The van der Waals surface area contributed by atoms with Crippen LogP contribution in [0.25, 0.3) is 0 Å². The number of nitrogens with zero attached hydrogens (tertiary/aromatic N) is 2. The van der Waals surface area contributed by atoms with Crippen LogP contribution in [0.5, 0.6) is 5.75 Å². The summed E-state index contributed by atoms with van der Waals surface area (Å²) in [6, 6.07) is 13.2. The first-order valence-electron chi connectivity index (χ1n) is 5.40. The summed E-state index contributed by atoms with van der Waals surface area (Å²) in [6.07, 6.45) is 1.54. The lowest BCUT2D eigenvalue weighted by atomic mass is 10.2. The van der Waals surface area contributed by atoms with Gasteiger partial charge in [-0.2, -0.15) is 0 Å². The van der Waals surface area contributed by atoms with Crippen molar-refractivity contribution in [3.8, 4) is 5.75 Å². The van der Waals surface area contributed by atoms with E-state index in [1.807, 2.05) is 30.3 Å². The Morgan fingerprint density at radius 1 is 1.22 bits per heavy atom. The fourth-order valence-corrected chi connectivity index (χ4v) is 1.41. The number of oxime groups is 1. The molecule has 18 heavy (non-hydrogen) atoms. The maximum Gasteiger partial charge on any atom is 0.188 e. The second-order valence-electron chi connectivity index (χ2n) is 3.64. The normalized spacial score (nSPS) is 11.2. The summed E-state index contributed by atoms with van der Waals surface area (Å²) in [5.74, 6) is 0.609. The van der Waals surface area contributed by atoms with Crippen LogP contribution >= 0.6 is 0 Å². The van der Waals surface area contributed by atoms with Crippen molar-refractivity contribution < 1.29 is 9.94 Å². The molecule has 1 aromatic heterocycles. The maximum absolute atomic E-state index is 8.50. The number of pyridine rings is 1. The first-order valence-corrected chi connectivity index (χ1v) is 5.40. The molecular weight excluding hydrogens is 230 g/mol. The predicted octanol–water partition coefficient (Wildman–Crippen LogP) is 1.76. The first-order chi connectivity index (χ1) is 8.79. The molecular formula is C13H13N3O2. The summed E-state index contributed by atoms with van der Waals surface area (Å²) < 4.78 is 5.55. The van der Waals surface area contributed by atoms with Crippen LogP contribution in [0.1, 0.15) is 11.3 Å². The van der Waals surface area contributed by atoms with E-state index in [9.17, 15) is 0 Å². The number of hydrogen-bond acceptors (Lipinski definition) is 4. The predicted molar refractivity (Wildman–Crippen MR) is 67.5 cm³/mol. The Balaban J connectivity index is 1.99. The third-order valence-corrected chi connectivity index (χ3v) is 2.35. The number of benzene rings is 1. The Morgan fingerprint density at radius 3 is 2.61 bits per heavy atom. The maximum atomic E-state index is 8.50. The SMILES string of the molecule is N/C(=N/O)c1ccc(OCc2ccccc2)cn1.